The Kier molecular flexibility index (Phi) is 3.08. The molecule has 1 aromatic carbocycles. The first-order chi connectivity index (χ1) is 9.82. The van der Waals surface area contributed by atoms with E-state index in [1.165, 1.54) is 6.07 Å². The first kappa shape index (κ1) is 14.1. The Hall–Kier alpha value is -1.84. The van der Waals surface area contributed by atoms with Gasteiger partial charge in [0.15, 0.2) is 0 Å². The van der Waals surface area contributed by atoms with Crippen LogP contribution in [0.4, 0.5) is 4.39 Å². The number of H-pyrrole nitrogens is 1. The predicted molar refractivity (Wildman–Crippen MR) is 81.6 cm³/mol. The topological polar surface area (TPSA) is 44.9 Å². The molecule has 0 bridgehead atoms. The highest BCUT2D eigenvalue weighted by Crippen LogP contribution is 2.50. The number of aromatic amines is 1. The minimum atomic E-state index is -0.387. The van der Waals surface area contributed by atoms with Gasteiger partial charge in [-0.15, -0.1) is 0 Å². The van der Waals surface area contributed by atoms with Crippen LogP contribution in [-0.4, -0.2) is 17.4 Å². The van der Waals surface area contributed by atoms with Gasteiger partial charge in [-0.3, -0.25) is 4.79 Å². The van der Waals surface area contributed by atoms with E-state index < -0.39 is 0 Å². The van der Waals surface area contributed by atoms with Gasteiger partial charge in [-0.25, -0.2) is 4.39 Å². The van der Waals surface area contributed by atoms with Gasteiger partial charge in [0.25, 0.3) is 0 Å². The fraction of sp³-hybridized carbons (Fsp3) is 0.471. The highest BCUT2D eigenvalue weighted by atomic mass is 19.1. The molecule has 3 rings (SSSR count). The first-order valence-corrected chi connectivity index (χ1v) is 7.37. The Labute approximate surface area is 123 Å². The van der Waals surface area contributed by atoms with Crippen molar-refractivity contribution in [3.63, 3.8) is 0 Å². The molecule has 1 aliphatic carbocycles. The van der Waals surface area contributed by atoms with E-state index in [9.17, 15) is 9.18 Å². The summed E-state index contributed by atoms with van der Waals surface area (Å²) in [6.07, 6.45) is 4.02. The maximum absolute atomic E-state index is 13.5. The monoisotopic (exact) mass is 288 g/mol. The van der Waals surface area contributed by atoms with Crippen molar-refractivity contribution in [2.24, 2.45) is 5.41 Å². The number of hydrogen-bond donors (Lipinski definition) is 2. The molecule has 1 fully saturated rings. The molecule has 0 spiro atoms. The van der Waals surface area contributed by atoms with E-state index in [4.69, 9.17) is 0 Å². The molecule has 0 unspecified atom stereocenters. The average molecular weight is 288 g/mol. The van der Waals surface area contributed by atoms with Gasteiger partial charge in [-0.2, -0.15) is 0 Å². The van der Waals surface area contributed by atoms with Crippen LogP contribution in [0.15, 0.2) is 24.4 Å². The van der Waals surface area contributed by atoms with Crippen molar-refractivity contribution < 1.29 is 9.18 Å². The molecule has 4 heteroatoms. The third kappa shape index (κ3) is 2.55. The Bertz CT molecular complexity index is 692. The van der Waals surface area contributed by atoms with E-state index >= 15 is 0 Å². The molecular weight excluding hydrogens is 267 g/mol. The lowest BCUT2D eigenvalue weighted by atomic mass is 9.92. The standard InChI is InChI=1S/C17H21FN2O/c1-16(2,3)15(21)20-10-17(6-7-17)13-9-19-14-5-4-11(18)8-12(13)14/h4-5,8-9,19H,6-7,10H2,1-3H3,(H,20,21). The van der Waals surface area contributed by atoms with E-state index in [1.54, 1.807) is 12.1 Å². The average Bonchev–Trinajstić information content (AvgIpc) is 3.07. The number of hydrogen-bond acceptors (Lipinski definition) is 1. The highest BCUT2D eigenvalue weighted by molar-refractivity contribution is 5.85. The Morgan fingerprint density at radius 2 is 2.10 bits per heavy atom. The fourth-order valence-corrected chi connectivity index (χ4v) is 2.74. The first-order valence-electron chi connectivity index (χ1n) is 7.37. The van der Waals surface area contributed by atoms with Crippen molar-refractivity contribution in [1.82, 2.24) is 10.3 Å². The second kappa shape index (κ2) is 4.58. The number of amides is 1. The van der Waals surface area contributed by atoms with E-state index in [0.717, 1.165) is 29.3 Å². The van der Waals surface area contributed by atoms with Crippen molar-refractivity contribution in [3.8, 4) is 0 Å². The second-order valence-corrected chi connectivity index (χ2v) is 7.11. The van der Waals surface area contributed by atoms with Gasteiger partial charge in [-0.1, -0.05) is 20.8 Å². The molecule has 1 aromatic heterocycles. The molecule has 0 atom stereocenters. The molecule has 1 amide bonds. The normalized spacial score (nSPS) is 17.0. The molecule has 112 valence electrons. The molecule has 21 heavy (non-hydrogen) atoms. The molecule has 0 saturated heterocycles. The lowest BCUT2D eigenvalue weighted by Crippen LogP contribution is -2.39. The van der Waals surface area contributed by atoms with E-state index in [0.29, 0.717) is 6.54 Å². The molecule has 2 aromatic rings. The highest BCUT2D eigenvalue weighted by Gasteiger charge is 2.46. The molecule has 0 aliphatic heterocycles. The maximum Gasteiger partial charge on any atom is 0.225 e. The van der Waals surface area contributed by atoms with Crippen molar-refractivity contribution in [1.29, 1.82) is 0 Å². The molecule has 2 N–H and O–H groups in total. The van der Waals surface area contributed by atoms with Crippen LogP contribution < -0.4 is 5.32 Å². The molecule has 0 radical (unpaired) electrons. The Balaban J connectivity index is 1.85. The number of nitrogens with one attached hydrogen (secondary N) is 2. The summed E-state index contributed by atoms with van der Waals surface area (Å²) in [5.74, 6) is -0.169. The van der Waals surface area contributed by atoms with Crippen LogP contribution in [0.5, 0.6) is 0 Å². The molecular formula is C17H21FN2O. The zero-order chi connectivity index (χ0) is 15.3. The van der Waals surface area contributed by atoms with Crippen LogP contribution in [0.1, 0.15) is 39.2 Å². The smallest absolute Gasteiger partial charge is 0.225 e. The Morgan fingerprint density at radius 1 is 1.38 bits per heavy atom. The summed E-state index contributed by atoms with van der Waals surface area (Å²) in [5, 5.41) is 3.97. The van der Waals surface area contributed by atoms with Gasteiger partial charge in [0.2, 0.25) is 5.91 Å². The summed E-state index contributed by atoms with van der Waals surface area (Å²) in [4.78, 5) is 15.2. The number of halogens is 1. The molecule has 1 saturated carbocycles. The molecule has 3 nitrogen and oxygen atoms in total. The summed E-state index contributed by atoms with van der Waals surface area (Å²) in [5.41, 5.74) is 1.64. The zero-order valence-corrected chi connectivity index (χ0v) is 12.7. The van der Waals surface area contributed by atoms with Gasteiger partial charge in [0, 0.05) is 34.5 Å². The summed E-state index contributed by atoms with van der Waals surface area (Å²) >= 11 is 0. The molecule has 1 heterocycles. The quantitative estimate of drug-likeness (QED) is 0.892. The van der Waals surface area contributed by atoms with Gasteiger partial charge in [0.05, 0.1) is 0 Å². The number of carbonyl (C=O) groups excluding carboxylic acids is 1. The van der Waals surface area contributed by atoms with E-state index in [-0.39, 0.29) is 22.6 Å². The predicted octanol–water partition coefficient (Wildman–Crippen LogP) is 3.50. The van der Waals surface area contributed by atoms with Gasteiger partial charge >= 0.3 is 0 Å². The van der Waals surface area contributed by atoms with E-state index in [1.807, 2.05) is 27.0 Å². The summed E-state index contributed by atoms with van der Waals surface area (Å²) in [7, 11) is 0. The third-order valence-electron chi connectivity index (χ3n) is 4.34. The van der Waals surface area contributed by atoms with Crippen LogP contribution in [0.2, 0.25) is 0 Å². The number of benzene rings is 1. The Morgan fingerprint density at radius 3 is 2.71 bits per heavy atom. The minimum Gasteiger partial charge on any atom is -0.361 e. The van der Waals surface area contributed by atoms with Crippen molar-refractivity contribution in [2.45, 2.75) is 39.0 Å². The van der Waals surface area contributed by atoms with Gasteiger partial charge in [0.1, 0.15) is 5.82 Å². The van der Waals surface area contributed by atoms with Crippen LogP contribution in [0, 0.1) is 11.2 Å². The largest absolute Gasteiger partial charge is 0.361 e. The van der Waals surface area contributed by atoms with Gasteiger partial charge < -0.3 is 10.3 Å². The SMILES string of the molecule is CC(C)(C)C(=O)NCC1(c2c[nH]c3ccc(F)cc23)CC1. The molecule has 1 aliphatic rings. The number of rotatable bonds is 3. The van der Waals surface area contributed by atoms with Crippen LogP contribution in [-0.2, 0) is 10.2 Å². The maximum atomic E-state index is 13.5. The number of fused-ring (bicyclic) bond motifs is 1. The summed E-state index contributed by atoms with van der Waals surface area (Å²) < 4.78 is 13.5. The van der Waals surface area contributed by atoms with Crippen LogP contribution in [0.25, 0.3) is 10.9 Å². The van der Waals surface area contributed by atoms with Gasteiger partial charge in [-0.05, 0) is 36.6 Å². The van der Waals surface area contributed by atoms with Crippen molar-refractivity contribution in [2.75, 3.05) is 6.54 Å². The van der Waals surface area contributed by atoms with E-state index in [2.05, 4.69) is 10.3 Å². The van der Waals surface area contributed by atoms with Crippen LogP contribution >= 0.6 is 0 Å². The number of aromatic nitrogens is 1. The third-order valence-corrected chi connectivity index (χ3v) is 4.34. The van der Waals surface area contributed by atoms with Crippen LogP contribution in [0.3, 0.4) is 0 Å². The van der Waals surface area contributed by atoms with Crippen molar-refractivity contribution in [3.05, 3.63) is 35.8 Å². The lowest BCUT2D eigenvalue weighted by Gasteiger charge is -2.21. The second-order valence-electron chi connectivity index (χ2n) is 7.11. The summed E-state index contributed by atoms with van der Waals surface area (Å²) in [6.45, 7) is 6.33. The minimum absolute atomic E-state index is 0.0348. The zero-order valence-electron chi connectivity index (χ0n) is 12.7. The van der Waals surface area contributed by atoms with Crippen molar-refractivity contribution >= 4 is 16.8 Å². The fourth-order valence-electron chi connectivity index (χ4n) is 2.74. The number of carbonyl (C=O) groups is 1. The lowest BCUT2D eigenvalue weighted by molar-refractivity contribution is -0.128. The summed E-state index contributed by atoms with van der Waals surface area (Å²) in [6, 6.07) is 4.80.